The Morgan fingerprint density at radius 1 is 1.33 bits per heavy atom. The van der Waals surface area contributed by atoms with E-state index in [0.29, 0.717) is 0 Å². The number of H-pyrrole nitrogens is 1. The van der Waals surface area contributed by atoms with E-state index in [-0.39, 0.29) is 12.8 Å². The van der Waals surface area contributed by atoms with Crippen LogP contribution in [0.4, 0.5) is 0 Å². The van der Waals surface area contributed by atoms with Crippen molar-refractivity contribution in [2.45, 2.75) is 57.8 Å². The second-order valence-corrected chi connectivity index (χ2v) is 5.84. The Kier molecular flexibility index (Phi) is 6.03. The van der Waals surface area contributed by atoms with Crippen LogP contribution in [-0.4, -0.2) is 39.4 Å². The SMILES string of the molecule is CCC(=O)O[C@H]1[C@H](n2ccc(=O)[nH]c2=O)O[C@@](C)(N=[N+]=[N-])[C@H]1OC(=O)CC. The van der Waals surface area contributed by atoms with Crippen LogP contribution in [0.15, 0.2) is 27.0 Å². The lowest BCUT2D eigenvalue weighted by atomic mass is 10.1. The molecule has 1 saturated heterocycles. The van der Waals surface area contributed by atoms with Gasteiger partial charge in [-0.05, 0) is 12.5 Å². The van der Waals surface area contributed by atoms with Crippen LogP contribution in [0, 0.1) is 0 Å². The molecule has 1 N–H and O–H groups in total. The zero-order valence-corrected chi connectivity index (χ0v) is 14.9. The number of esters is 2. The molecule has 0 radical (unpaired) electrons. The molecule has 12 heteroatoms. The van der Waals surface area contributed by atoms with E-state index >= 15 is 0 Å². The third-order valence-electron chi connectivity index (χ3n) is 3.94. The van der Waals surface area contributed by atoms with Gasteiger partial charge >= 0.3 is 17.6 Å². The Labute approximate surface area is 152 Å². The highest BCUT2D eigenvalue weighted by Crippen LogP contribution is 2.41. The number of hydrogen-bond acceptors (Lipinski definition) is 8. The lowest BCUT2D eigenvalue weighted by molar-refractivity contribution is -0.170. The zero-order chi connectivity index (χ0) is 20.2. The largest absolute Gasteiger partial charge is 0.455 e. The standard InChI is InChI=1S/C15H19N5O7/c1-4-9(22)25-11-12(26-10(23)5-2)15(3,18-19-16)27-13(11)20-7-6-8(21)17-14(20)24/h6-7,11-13H,4-5H2,1-3H3,(H,17,21,24)/t11-,12+,13-,15-/m1/s1. The molecule has 0 amide bonds. The van der Waals surface area contributed by atoms with Gasteiger partial charge in [0.05, 0.1) is 0 Å². The van der Waals surface area contributed by atoms with Crippen molar-refractivity contribution in [1.29, 1.82) is 0 Å². The number of nitrogens with zero attached hydrogens (tertiary/aromatic N) is 4. The van der Waals surface area contributed by atoms with Crippen LogP contribution in [0.5, 0.6) is 0 Å². The van der Waals surface area contributed by atoms with Crippen LogP contribution in [0.3, 0.4) is 0 Å². The van der Waals surface area contributed by atoms with E-state index in [4.69, 9.17) is 19.7 Å². The summed E-state index contributed by atoms with van der Waals surface area (Å²) in [7, 11) is 0. The van der Waals surface area contributed by atoms with Crippen LogP contribution >= 0.6 is 0 Å². The fourth-order valence-corrected chi connectivity index (χ4v) is 2.60. The van der Waals surface area contributed by atoms with Crippen LogP contribution in [-0.2, 0) is 23.8 Å². The first-order valence-corrected chi connectivity index (χ1v) is 8.20. The molecule has 12 nitrogen and oxygen atoms in total. The van der Waals surface area contributed by atoms with Gasteiger partial charge in [-0.15, -0.1) is 0 Å². The van der Waals surface area contributed by atoms with E-state index in [1.54, 1.807) is 13.8 Å². The van der Waals surface area contributed by atoms with Gasteiger partial charge in [-0.3, -0.25) is 23.9 Å². The van der Waals surface area contributed by atoms with E-state index in [0.717, 1.165) is 16.8 Å². The molecule has 0 aromatic carbocycles. The van der Waals surface area contributed by atoms with Crippen molar-refractivity contribution in [1.82, 2.24) is 9.55 Å². The van der Waals surface area contributed by atoms with Gasteiger partial charge in [-0.2, -0.15) is 0 Å². The number of carbonyl (C=O) groups excluding carboxylic acids is 2. The molecule has 0 saturated carbocycles. The summed E-state index contributed by atoms with van der Waals surface area (Å²) >= 11 is 0. The summed E-state index contributed by atoms with van der Waals surface area (Å²) in [6, 6.07) is 1.07. The summed E-state index contributed by atoms with van der Waals surface area (Å²) in [5.74, 6) is -1.29. The second-order valence-electron chi connectivity index (χ2n) is 5.84. The summed E-state index contributed by atoms with van der Waals surface area (Å²) in [6.07, 6.45) is -2.72. The molecule has 27 heavy (non-hydrogen) atoms. The molecule has 1 fully saturated rings. The van der Waals surface area contributed by atoms with Crippen molar-refractivity contribution in [2.75, 3.05) is 0 Å². The number of hydrogen-bond donors (Lipinski definition) is 1. The molecule has 1 aliphatic rings. The van der Waals surface area contributed by atoms with Crippen LogP contribution in [0.1, 0.15) is 39.8 Å². The molecule has 0 bridgehead atoms. The van der Waals surface area contributed by atoms with E-state index in [2.05, 4.69) is 10.0 Å². The number of carbonyl (C=O) groups is 2. The minimum absolute atomic E-state index is 0.0103. The number of ether oxygens (including phenoxy) is 3. The van der Waals surface area contributed by atoms with E-state index < -0.39 is 47.3 Å². The number of rotatable bonds is 6. The smallest absolute Gasteiger partial charge is 0.330 e. The van der Waals surface area contributed by atoms with Crippen LogP contribution < -0.4 is 11.2 Å². The molecule has 0 unspecified atom stereocenters. The van der Waals surface area contributed by atoms with Gasteiger partial charge in [0, 0.05) is 30.0 Å². The minimum atomic E-state index is -1.75. The first-order chi connectivity index (χ1) is 12.8. The van der Waals surface area contributed by atoms with Crippen molar-refractivity contribution in [2.24, 2.45) is 5.11 Å². The Morgan fingerprint density at radius 2 is 1.96 bits per heavy atom. The zero-order valence-electron chi connectivity index (χ0n) is 14.9. The summed E-state index contributed by atoms with van der Waals surface area (Å²) in [6.45, 7) is 4.45. The lowest BCUT2D eigenvalue weighted by Gasteiger charge is -2.27. The van der Waals surface area contributed by atoms with Gasteiger partial charge in [0.2, 0.25) is 0 Å². The first kappa shape index (κ1) is 20.2. The molecule has 0 spiro atoms. The van der Waals surface area contributed by atoms with Crippen molar-refractivity contribution < 1.29 is 23.8 Å². The quantitative estimate of drug-likeness (QED) is 0.328. The number of nitrogens with one attached hydrogen (secondary N) is 1. The van der Waals surface area contributed by atoms with E-state index in [1.165, 1.54) is 6.92 Å². The van der Waals surface area contributed by atoms with Crippen molar-refractivity contribution in [3.63, 3.8) is 0 Å². The van der Waals surface area contributed by atoms with Gasteiger partial charge in [-0.1, -0.05) is 19.0 Å². The lowest BCUT2D eigenvalue weighted by Crippen LogP contribution is -2.45. The Balaban J connectivity index is 2.57. The van der Waals surface area contributed by atoms with Crippen molar-refractivity contribution in [3.05, 3.63) is 43.5 Å². The summed E-state index contributed by atoms with van der Waals surface area (Å²) < 4.78 is 17.3. The van der Waals surface area contributed by atoms with Gasteiger partial charge in [0.15, 0.2) is 24.2 Å². The fraction of sp³-hybridized carbons (Fsp3) is 0.600. The average molecular weight is 381 g/mol. The summed E-state index contributed by atoms with van der Waals surface area (Å²) in [5.41, 5.74) is 5.65. The fourth-order valence-electron chi connectivity index (χ4n) is 2.60. The Hall–Kier alpha value is -3.11. The van der Waals surface area contributed by atoms with Gasteiger partial charge in [0.1, 0.15) is 0 Å². The maximum absolute atomic E-state index is 12.2. The molecule has 2 heterocycles. The second kappa shape index (κ2) is 8.06. The maximum Gasteiger partial charge on any atom is 0.330 e. The number of azide groups is 1. The third kappa shape index (κ3) is 4.18. The first-order valence-electron chi connectivity index (χ1n) is 8.20. The predicted octanol–water partition coefficient (Wildman–Crippen LogP) is 0.735. The average Bonchev–Trinajstić information content (AvgIpc) is 2.87. The molecular weight excluding hydrogens is 362 g/mol. The minimum Gasteiger partial charge on any atom is -0.455 e. The third-order valence-corrected chi connectivity index (χ3v) is 3.94. The highest BCUT2D eigenvalue weighted by atomic mass is 16.7. The molecule has 1 aliphatic heterocycles. The maximum atomic E-state index is 12.2. The molecule has 4 atom stereocenters. The molecule has 2 rings (SSSR count). The Bertz CT molecular complexity index is 887. The van der Waals surface area contributed by atoms with Crippen molar-refractivity contribution >= 4 is 11.9 Å². The highest BCUT2D eigenvalue weighted by Gasteiger charge is 2.57. The molecule has 1 aromatic heterocycles. The van der Waals surface area contributed by atoms with Gasteiger partial charge in [0.25, 0.3) is 5.56 Å². The highest BCUT2D eigenvalue weighted by molar-refractivity contribution is 5.70. The van der Waals surface area contributed by atoms with Crippen LogP contribution in [0.2, 0.25) is 0 Å². The molecule has 146 valence electrons. The van der Waals surface area contributed by atoms with Crippen molar-refractivity contribution in [3.8, 4) is 0 Å². The summed E-state index contributed by atoms with van der Waals surface area (Å²) in [4.78, 5) is 51.9. The Morgan fingerprint density at radius 3 is 2.52 bits per heavy atom. The predicted molar refractivity (Wildman–Crippen MR) is 89.3 cm³/mol. The molecular formula is C15H19N5O7. The molecule has 1 aromatic rings. The monoisotopic (exact) mass is 381 g/mol. The normalized spacial score (nSPS) is 26.9. The van der Waals surface area contributed by atoms with E-state index in [9.17, 15) is 19.2 Å². The number of aromatic amines is 1. The number of aromatic nitrogens is 2. The van der Waals surface area contributed by atoms with Crippen LogP contribution in [0.25, 0.3) is 10.4 Å². The van der Waals surface area contributed by atoms with Gasteiger partial charge < -0.3 is 14.2 Å². The summed E-state index contributed by atoms with van der Waals surface area (Å²) in [5, 5.41) is 3.53. The topological polar surface area (TPSA) is 165 Å². The molecule has 0 aliphatic carbocycles. The van der Waals surface area contributed by atoms with Gasteiger partial charge in [-0.25, -0.2) is 4.79 Å². The van der Waals surface area contributed by atoms with E-state index in [1.807, 2.05) is 4.98 Å².